The topological polar surface area (TPSA) is 199 Å². The van der Waals surface area contributed by atoms with Crippen molar-refractivity contribution in [3.8, 4) is 5.75 Å². The Kier molecular flexibility index (Phi) is 9.13. The summed E-state index contributed by atoms with van der Waals surface area (Å²) in [5.74, 6) is -9.28. The second-order valence-corrected chi connectivity index (χ2v) is 7.61. The van der Waals surface area contributed by atoms with Gasteiger partial charge in [-0.15, -0.1) is 0 Å². The van der Waals surface area contributed by atoms with Crippen LogP contribution >= 0.6 is 0 Å². The zero-order valence-corrected chi connectivity index (χ0v) is 19.0. The molecule has 1 heterocycles. The molecule has 2 atom stereocenters. The van der Waals surface area contributed by atoms with Crippen molar-refractivity contribution in [3.63, 3.8) is 0 Å². The molecule has 0 saturated carbocycles. The monoisotopic (exact) mass is 527 g/mol. The fraction of sp³-hybridized carbons (Fsp3) is 0.273. The summed E-state index contributed by atoms with van der Waals surface area (Å²) in [7, 11) is 0. The van der Waals surface area contributed by atoms with Gasteiger partial charge >= 0.3 is 30.1 Å². The lowest BCUT2D eigenvalue weighted by atomic mass is 10.0. The van der Waals surface area contributed by atoms with Crippen molar-refractivity contribution in [2.45, 2.75) is 32.0 Å². The molecule has 12 nitrogen and oxygen atoms in total. The number of carbonyl (C=O) groups excluding carboxylic acids is 4. The quantitative estimate of drug-likeness (QED) is 0.116. The number of carboxylic acid groups (broad SMARTS) is 1. The van der Waals surface area contributed by atoms with Crippen LogP contribution in [-0.4, -0.2) is 52.9 Å². The molecule has 0 spiro atoms. The number of hydrogen-bond donors (Lipinski definition) is 4. The Labute approximate surface area is 206 Å². The van der Waals surface area contributed by atoms with Gasteiger partial charge in [0.2, 0.25) is 11.7 Å². The summed E-state index contributed by atoms with van der Waals surface area (Å²) in [6.07, 6.45) is -5.58. The molecule has 1 aromatic heterocycles. The molecule has 1 amide bonds. The van der Waals surface area contributed by atoms with Crippen LogP contribution < -0.4 is 15.8 Å². The van der Waals surface area contributed by atoms with Gasteiger partial charge in [0.1, 0.15) is 17.6 Å². The van der Waals surface area contributed by atoms with Crippen LogP contribution in [0.15, 0.2) is 41.0 Å². The number of carboxylic acids is 1. The summed E-state index contributed by atoms with van der Waals surface area (Å²) in [4.78, 5) is 58.1. The van der Waals surface area contributed by atoms with E-state index in [0.717, 1.165) is 6.26 Å². The third-order valence-electron chi connectivity index (χ3n) is 4.64. The molecule has 198 valence electrons. The number of ether oxygens (including phenoxy) is 2. The average Bonchev–Trinajstić information content (AvgIpc) is 3.26. The van der Waals surface area contributed by atoms with E-state index in [1.165, 1.54) is 37.3 Å². The second kappa shape index (κ2) is 11.8. The Morgan fingerprint density at radius 3 is 2.32 bits per heavy atom. The summed E-state index contributed by atoms with van der Waals surface area (Å²) in [6.45, 7) is 1.38. The Balaban J connectivity index is 1.94. The lowest BCUT2D eigenvalue weighted by molar-refractivity contribution is -0.202. The van der Waals surface area contributed by atoms with Crippen LogP contribution in [0, 0.1) is 11.3 Å². The summed E-state index contributed by atoms with van der Waals surface area (Å²) in [5.41, 5.74) is 6.12. The standard InChI is InChI=1S/C22H20F3N3O9/c1-10(18(30)28-14(19(31)32)8-16(29)37-21(34)22(23,24)25)6-11-7-15(35-9-11)20(33)36-13-4-2-12(3-5-13)17(26)27/h2-5,7,9-10,14H,6,8H2,1H3,(H3,26,27)(H,28,30)(H,31,32)/t10?,14-/m0/s1. The van der Waals surface area contributed by atoms with Crippen LogP contribution in [0.4, 0.5) is 13.2 Å². The fourth-order valence-electron chi connectivity index (χ4n) is 2.78. The van der Waals surface area contributed by atoms with Gasteiger partial charge < -0.3 is 30.0 Å². The minimum absolute atomic E-state index is 0.0563. The predicted octanol–water partition coefficient (Wildman–Crippen LogP) is 1.55. The number of nitrogens with one attached hydrogen (secondary N) is 2. The molecule has 2 rings (SSSR count). The van der Waals surface area contributed by atoms with E-state index in [1.807, 2.05) is 5.32 Å². The molecule has 0 bridgehead atoms. The highest BCUT2D eigenvalue weighted by Gasteiger charge is 2.43. The Morgan fingerprint density at radius 2 is 1.78 bits per heavy atom. The minimum Gasteiger partial charge on any atom is -0.480 e. The molecule has 0 fully saturated rings. The smallest absolute Gasteiger partial charge is 0.480 e. The van der Waals surface area contributed by atoms with Crippen molar-refractivity contribution in [1.29, 1.82) is 5.41 Å². The lowest BCUT2D eigenvalue weighted by Gasteiger charge is -2.17. The Morgan fingerprint density at radius 1 is 1.16 bits per heavy atom. The highest BCUT2D eigenvalue weighted by Crippen LogP contribution is 2.19. The molecule has 0 saturated heterocycles. The molecule has 1 unspecified atom stereocenters. The summed E-state index contributed by atoms with van der Waals surface area (Å²) in [6, 6.07) is 5.09. The van der Waals surface area contributed by atoms with Crippen molar-refractivity contribution in [2.24, 2.45) is 11.7 Å². The van der Waals surface area contributed by atoms with Gasteiger partial charge in [-0.05, 0) is 42.3 Å². The maximum absolute atomic E-state index is 12.4. The Bertz CT molecular complexity index is 1210. The molecule has 0 radical (unpaired) electrons. The van der Waals surface area contributed by atoms with Crippen molar-refractivity contribution in [2.75, 3.05) is 0 Å². The van der Waals surface area contributed by atoms with E-state index in [-0.39, 0.29) is 23.8 Å². The van der Waals surface area contributed by atoms with Crippen molar-refractivity contribution >= 4 is 35.6 Å². The van der Waals surface area contributed by atoms with E-state index < -0.39 is 54.3 Å². The number of furan rings is 1. The first-order valence-corrected chi connectivity index (χ1v) is 10.3. The van der Waals surface area contributed by atoms with E-state index in [0.29, 0.717) is 11.1 Å². The molecule has 1 aromatic carbocycles. The van der Waals surface area contributed by atoms with Crippen LogP contribution in [0.25, 0.3) is 0 Å². The first kappa shape index (κ1) is 28.5. The maximum Gasteiger partial charge on any atom is 0.491 e. The third-order valence-corrected chi connectivity index (χ3v) is 4.64. The average molecular weight is 527 g/mol. The third kappa shape index (κ3) is 8.48. The number of amidine groups is 1. The maximum atomic E-state index is 12.4. The molecule has 37 heavy (non-hydrogen) atoms. The molecule has 0 aliphatic carbocycles. The number of aliphatic carboxylic acids is 1. The van der Waals surface area contributed by atoms with Gasteiger partial charge in [0.25, 0.3) is 0 Å². The van der Waals surface area contributed by atoms with Crippen LogP contribution in [0.2, 0.25) is 0 Å². The van der Waals surface area contributed by atoms with Gasteiger partial charge in [-0.25, -0.2) is 14.4 Å². The lowest BCUT2D eigenvalue weighted by Crippen LogP contribution is -2.45. The van der Waals surface area contributed by atoms with Crippen LogP contribution in [0.3, 0.4) is 0 Å². The van der Waals surface area contributed by atoms with E-state index in [2.05, 4.69) is 4.74 Å². The summed E-state index contributed by atoms with van der Waals surface area (Å²) in [5, 5.41) is 18.5. The van der Waals surface area contributed by atoms with Crippen molar-refractivity contribution in [1.82, 2.24) is 5.32 Å². The van der Waals surface area contributed by atoms with Gasteiger partial charge in [-0.2, -0.15) is 13.2 Å². The molecule has 0 aliphatic heterocycles. The molecule has 2 aromatic rings. The number of esters is 3. The fourth-order valence-corrected chi connectivity index (χ4v) is 2.78. The Hall–Kier alpha value is -4.69. The van der Waals surface area contributed by atoms with E-state index in [4.69, 9.17) is 25.4 Å². The number of halogens is 3. The summed E-state index contributed by atoms with van der Waals surface area (Å²) < 4.78 is 50.3. The largest absolute Gasteiger partial charge is 0.491 e. The molecule has 0 aliphatic rings. The molecule has 5 N–H and O–H groups in total. The van der Waals surface area contributed by atoms with Gasteiger partial charge in [0.15, 0.2) is 0 Å². The zero-order chi connectivity index (χ0) is 27.9. The number of alkyl halides is 3. The van der Waals surface area contributed by atoms with E-state index >= 15 is 0 Å². The number of rotatable bonds is 10. The zero-order valence-electron chi connectivity index (χ0n) is 19.0. The minimum atomic E-state index is -5.46. The first-order chi connectivity index (χ1) is 17.2. The van der Waals surface area contributed by atoms with Gasteiger partial charge in [0.05, 0.1) is 12.7 Å². The van der Waals surface area contributed by atoms with E-state index in [1.54, 1.807) is 0 Å². The predicted molar refractivity (Wildman–Crippen MR) is 115 cm³/mol. The van der Waals surface area contributed by atoms with Gasteiger partial charge in [-0.1, -0.05) is 6.92 Å². The number of hydrogen-bond acceptors (Lipinski definition) is 9. The van der Waals surface area contributed by atoms with Crippen molar-refractivity contribution in [3.05, 3.63) is 53.5 Å². The van der Waals surface area contributed by atoms with Gasteiger partial charge in [0, 0.05) is 11.5 Å². The summed E-state index contributed by atoms with van der Waals surface area (Å²) >= 11 is 0. The van der Waals surface area contributed by atoms with Crippen molar-refractivity contribution < 1.29 is 56.1 Å². The molecular formula is C22H20F3N3O9. The molecule has 15 heteroatoms. The van der Waals surface area contributed by atoms with Crippen LogP contribution in [-0.2, 0) is 30.3 Å². The van der Waals surface area contributed by atoms with E-state index in [9.17, 15) is 37.1 Å². The van der Waals surface area contributed by atoms with Gasteiger partial charge in [-0.3, -0.25) is 15.0 Å². The second-order valence-electron chi connectivity index (χ2n) is 7.61. The first-order valence-electron chi connectivity index (χ1n) is 10.3. The number of amides is 1. The number of carbonyl (C=O) groups is 5. The normalized spacial score (nSPS) is 12.6. The van der Waals surface area contributed by atoms with Crippen LogP contribution in [0.1, 0.15) is 35.0 Å². The number of benzene rings is 1. The highest BCUT2D eigenvalue weighted by atomic mass is 19.4. The highest BCUT2D eigenvalue weighted by molar-refractivity contribution is 5.95. The SMILES string of the molecule is CC(Cc1coc(C(=O)Oc2ccc(C(=N)N)cc2)c1)C(=O)N[C@@H](CC(=O)OC(=O)C(F)(F)F)C(=O)O. The van der Waals surface area contributed by atoms with Crippen LogP contribution in [0.5, 0.6) is 5.75 Å². The molecular weight excluding hydrogens is 507 g/mol. The number of nitrogen functional groups attached to an aromatic ring is 1. The number of nitrogens with two attached hydrogens (primary N) is 1.